The van der Waals surface area contributed by atoms with Gasteiger partial charge in [-0.05, 0) is 46.7 Å². The second-order valence-electron chi connectivity index (χ2n) is 9.98. The van der Waals surface area contributed by atoms with E-state index in [0.717, 1.165) is 55.8 Å². The van der Waals surface area contributed by atoms with Gasteiger partial charge in [0.15, 0.2) is 0 Å². The van der Waals surface area contributed by atoms with Gasteiger partial charge in [0.1, 0.15) is 6.54 Å². The fraction of sp³-hybridized carbons (Fsp3) is 0.355. The van der Waals surface area contributed by atoms with Crippen molar-refractivity contribution in [3.8, 4) is 17.2 Å². The van der Waals surface area contributed by atoms with Crippen LogP contribution in [0, 0.1) is 17.2 Å². The summed E-state index contributed by atoms with van der Waals surface area (Å²) < 4.78 is 0. The van der Waals surface area contributed by atoms with Crippen LogP contribution in [0.15, 0.2) is 78.9 Å². The molecule has 5 nitrogen and oxygen atoms in total. The number of nitrogens with zero attached hydrogens (tertiary/aromatic N) is 3. The molecule has 4 rings (SSSR count). The van der Waals surface area contributed by atoms with Crippen LogP contribution in [-0.4, -0.2) is 43.5 Å². The van der Waals surface area contributed by atoms with Crippen molar-refractivity contribution in [3.63, 3.8) is 0 Å². The van der Waals surface area contributed by atoms with Crippen molar-refractivity contribution < 1.29 is 4.79 Å². The molecular formula is C31H36N4O. The molecule has 186 valence electrons. The molecule has 0 spiro atoms. The quantitative estimate of drug-likeness (QED) is 0.414. The van der Waals surface area contributed by atoms with E-state index >= 15 is 0 Å². The van der Waals surface area contributed by atoms with Gasteiger partial charge < -0.3 is 10.2 Å². The monoisotopic (exact) mass is 480 g/mol. The summed E-state index contributed by atoms with van der Waals surface area (Å²) in [5, 5.41) is 11.6. The smallest absolute Gasteiger partial charge is 0.228 e. The molecule has 1 N–H and O–H groups in total. The first-order valence-electron chi connectivity index (χ1n) is 12.9. The highest BCUT2D eigenvalue weighted by Gasteiger charge is 2.22. The highest BCUT2D eigenvalue weighted by atomic mass is 16.1. The summed E-state index contributed by atoms with van der Waals surface area (Å²) in [5.74, 6) is 0.0350. The maximum Gasteiger partial charge on any atom is 0.228 e. The highest BCUT2D eigenvalue weighted by molar-refractivity contribution is 5.84. The maximum absolute atomic E-state index is 12.8. The number of rotatable bonds is 9. The van der Waals surface area contributed by atoms with E-state index in [1.54, 1.807) is 0 Å². The number of piperazine rings is 1. The zero-order chi connectivity index (χ0) is 25.3. The number of hydrogen-bond acceptors (Lipinski definition) is 4. The first-order valence-corrected chi connectivity index (χ1v) is 12.9. The second-order valence-corrected chi connectivity index (χ2v) is 9.98. The molecule has 1 heterocycles. The molecule has 0 aliphatic carbocycles. The van der Waals surface area contributed by atoms with Crippen LogP contribution < -0.4 is 10.2 Å². The Kier molecular flexibility index (Phi) is 8.76. The van der Waals surface area contributed by atoms with Crippen molar-refractivity contribution in [2.75, 3.05) is 37.6 Å². The van der Waals surface area contributed by atoms with Gasteiger partial charge in [-0.2, -0.15) is 5.26 Å². The lowest BCUT2D eigenvalue weighted by molar-refractivity contribution is -0.122. The molecule has 0 radical (unpaired) electrons. The van der Waals surface area contributed by atoms with Crippen molar-refractivity contribution >= 4 is 11.6 Å². The van der Waals surface area contributed by atoms with Crippen LogP contribution >= 0.6 is 0 Å². The Labute approximate surface area is 215 Å². The van der Waals surface area contributed by atoms with E-state index in [1.807, 2.05) is 18.2 Å². The van der Waals surface area contributed by atoms with Gasteiger partial charge in [0.2, 0.25) is 5.91 Å². The Balaban J connectivity index is 1.41. The number of benzene rings is 3. The molecule has 5 heteroatoms. The summed E-state index contributed by atoms with van der Waals surface area (Å²) in [4.78, 5) is 17.7. The van der Waals surface area contributed by atoms with Gasteiger partial charge in [-0.3, -0.25) is 9.69 Å². The van der Waals surface area contributed by atoms with Crippen LogP contribution in [0.2, 0.25) is 0 Å². The van der Waals surface area contributed by atoms with Crippen molar-refractivity contribution in [2.45, 2.75) is 32.7 Å². The molecule has 1 fully saturated rings. The molecule has 0 unspecified atom stereocenters. The third-order valence-corrected chi connectivity index (χ3v) is 6.84. The standard InChI is InChI=1S/C31H36N4O/c1-24(2)21-30(31(36)33-16-15-32)28-10-6-9-27(22-28)26-11-13-29(14-12-26)35-19-17-34(18-20-35)23-25-7-4-3-5-8-25/h3-14,22,24,30H,16-21,23H2,1-2H3,(H,33,36)/t30-/m1/s1. The van der Waals surface area contributed by atoms with Crippen molar-refractivity contribution in [1.82, 2.24) is 10.2 Å². The van der Waals surface area contributed by atoms with Gasteiger partial charge in [0, 0.05) is 38.4 Å². The fourth-order valence-corrected chi connectivity index (χ4v) is 4.92. The average molecular weight is 481 g/mol. The number of nitrogens with one attached hydrogen (secondary N) is 1. The number of anilines is 1. The van der Waals surface area contributed by atoms with E-state index in [4.69, 9.17) is 5.26 Å². The Morgan fingerprint density at radius 2 is 1.64 bits per heavy atom. The summed E-state index contributed by atoms with van der Waals surface area (Å²) in [6, 6.07) is 29.7. The number of nitriles is 1. The Bertz CT molecular complexity index is 1160. The molecule has 0 bridgehead atoms. The largest absolute Gasteiger partial charge is 0.369 e. The number of carbonyl (C=O) groups is 1. The first-order chi connectivity index (χ1) is 17.5. The molecule has 0 saturated carbocycles. The van der Waals surface area contributed by atoms with Crippen LogP contribution in [-0.2, 0) is 11.3 Å². The minimum atomic E-state index is -0.259. The zero-order valence-electron chi connectivity index (χ0n) is 21.4. The Morgan fingerprint density at radius 3 is 2.31 bits per heavy atom. The summed E-state index contributed by atoms with van der Waals surface area (Å²) in [6.07, 6.45) is 0.746. The predicted octanol–water partition coefficient (Wildman–Crippen LogP) is 5.45. The summed E-state index contributed by atoms with van der Waals surface area (Å²) >= 11 is 0. The van der Waals surface area contributed by atoms with Crippen molar-refractivity contribution in [2.24, 2.45) is 5.92 Å². The lowest BCUT2D eigenvalue weighted by Gasteiger charge is -2.36. The predicted molar refractivity (Wildman–Crippen MR) is 147 cm³/mol. The molecule has 1 amide bonds. The number of hydrogen-bond donors (Lipinski definition) is 1. The lowest BCUT2D eigenvalue weighted by Crippen LogP contribution is -2.45. The topological polar surface area (TPSA) is 59.4 Å². The van der Waals surface area contributed by atoms with Gasteiger partial charge in [-0.25, -0.2) is 0 Å². The van der Waals surface area contributed by atoms with Crippen LogP contribution in [0.4, 0.5) is 5.69 Å². The molecule has 0 aromatic heterocycles. The summed E-state index contributed by atoms with van der Waals surface area (Å²) in [5.41, 5.74) is 5.87. The minimum Gasteiger partial charge on any atom is -0.369 e. The normalized spacial score (nSPS) is 14.9. The molecule has 3 aromatic carbocycles. The maximum atomic E-state index is 12.8. The minimum absolute atomic E-state index is 0.0368. The first kappa shape index (κ1) is 25.5. The lowest BCUT2D eigenvalue weighted by atomic mass is 9.88. The summed E-state index contributed by atoms with van der Waals surface area (Å²) in [6.45, 7) is 9.45. The van der Waals surface area contributed by atoms with E-state index in [1.165, 1.54) is 11.3 Å². The van der Waals surface area contributed by atoms with E-state index in [2.05, 4.69) is 95.7 Å². The van der Waals surface area contributed by atoms with Crippen molar-refractivity contribution in [3.05, 3.63) is 90.0 Å². The Hall–Kier alpha value is -3.62. The Morgan fingerprint density at radius 1 is 0.917 bits per heavy atom. The fourth-order valence-electron chi connectivity index (χ4n) is 4.92. The van der Waals surface area contributed by atoms with Gasteiger partial charge >= 0.3 is 0 Å². The zero-order valence-corrected chi connectivity index (χ0v) is 21.4. The van der Waals surface area contributed by atoms with Gasteiger partial charge in [-0.1, -0.05) is 80.6 Å². The van der Waals surface area contributed by atoms with Crippen molar-refractivity contribution in [1.29, 1.82) is 5.26 Å². The number of carbonyl (C=O) groups excluding carboxylic acids is 1. The molecule has 1 saturated heterocycles. The van der Waals surface area contributed by atoms with Crippen LogP contribution in [0.5, 0.6) is 0 Å². The molecular weight excluding hydrogens is 444 g/mol. The average Bonchev–Trinajstić information content (AvgIpc) is 2.91. The third-order valence-electron chi connectivity index (χ3n) is 6.84. The molecule has 3 aromatic rings. The van der Waals surface area contributed by atoms with E-state index in [9.17, 15) is 4.79 Å². The molecule has 1 atom stereocenters. The van der Waals surface area contributed by atoms with Crippen LogP contribution in [0.1, 0.15) is 37.3 Å². The molecule has 1 aliphatic heterocycles. The highest BCUT2D eigenvalue weighted by Crippen LogP contribution is 2.30. The van der Waals surface area contributed by atoms with Gasteiger partial charge in [0.25, 0.3) is 0 Å². The van der Waals surface area contributed by atoms with Crippen LogP contribution in [0.25, 0.3) is 11.1 Å². The van der Waals surface area contributed by atoms with Gasteiger partial charge in [0.05, 0.1) is 12.0 Å². The summed E-state index contributed by atoms with van der Waals surface area (Å²) in [7, 11) is 0. The molecule has 36 heavy (non-hydrogen) atoms. The van der Waals surface area contributed by atoms with Gasteiger partial charge in [-0.15, -0.1) is 0 Å². The second kappa shape index (κ2) is 12.4. The number of amides is 1. The van der Waals surface area contributed by atoms with Crippen LogP contribution in [0.3, 0.4) is 0 Å². The van der Waals surface area contributed by atoms with E-state index < -0.39 is 0 Å². The third kappa shape index (κ3) is 6.74. The molecule has 1 aliphatic rings. The van der Waals surface area contributed by atoms with E-state index in [-0.39, 0.29) is 18.4 Å². The SMILES string of the molecule is CC(C)C[C@@H](C(=O)NCC#N)c1cccc(-c2ccc(N3CCN(Cc4ccccc4)CC3)cc2)c1. The van der Waals surface area contributed by atoms with E-state index in [0.29, 0.717) is 5.92 Å².